The van der Waals surface area contributed by atoms with Gasteiger partial charge in [-0.3, -0.25) is 4.90 Å². The van der Waals surface area contributed by atoms with Crippen LogP contribution in [-0.4, -0.2) is 24.0 Å². The molecule has 1 heterocycles. The number of halogens is 1. The zero-order valence-corrected chi connectivity index (χ0v) is 9.75. The van der Waals surface area contributed by atoms with Gasteiger partial charge < -0.3 is 0 Å². The molecule has 2 aliphatic rings. The van der Waals surface area contributed by atoms with E-state index in [1.165, 1.54) is 31.5 Å². The molecular weight excluding hydrogens is 201 g/mol. The Hall–Kier alpha value is -0.890. The first kappa shape index (κ1) is 10.3. The summed E-state index contributed by atoms with van der Waals surface area (Å²) in [6.45, 7) is 4.58. The van der Waals surface area contributed by atoms with Crippen LogP contribution in [0.2, 0.25) is 0 Å². The summed E-state index contributed by atoms with van der Waals surface area (Å²) in [5.41, 5.74) is 2.20. The first-order valence-electron chi connectivity index (χ1n) is 6.28. The Bertz CT molecular complexity index is 396. The zero-order chi connectivity index (χ0) is 11.1. The van der Waals surface area contributed by atoms with E-state index in [4.69, 9.17) is 0 Å². The van der Waals surface area contributed by atoms with E-state index in [1.807, 2.05) is 6.07 Å². The highest BCUT2D eigenvalue weighted by Crippen LogP contribution is 2.38. The van der Waals surface area contributed by atoms with Crippen molar-refractivity contribution < 1.29 is 4.39 Å². The van der Waals surface area contributed by atoms with Crippen LogP contribution < -0.4 is 0 Å². The van der Waals surface area contributed by atoms with Gasteiger partial charge in [-0.05, 0) is 49.5 Å². The molecule has 0 N–H and O–H groups in total. The Kier molecular flexibility index (Phi) is 2.47. The molecule has 0 bridgehead atoms. The summed E-state index contributed by atoms with van der Waals surface area (Å²) < 4.78 is 13.8. The molecule has 0 radical (unpaired) electrons. The highest BCUT2D eigenvalue weighted by Gasteiger charge is 2.35. The summed E-state index contributed by atoms with van der Waals surface area (Å²) in [7, 11) is 0. The monoisotopic (exact) mass is 219 g/mol. The second-order valence-electron chi connectivity index (χ2n) is 5.12. The van der Waals surface area contributed by atoms with Crippen molar-refractivity contribution in [1.29, 1.82) is 0 Å². The molecule has 1 aromatic rings. The number of nitrogens with zero attached hydrogens (tertiary/aromatic N) is 1. The largest absolute Gasteiger partial charge is 0.299 e. The molecule has 0 spiro atoms. The van der Waals surface area contributed by atoms with E-state index in [0.717, 1.165) is 12.0 Å². The van der Waals surface area contributed by atoms with Crippen LogP contribution in [0.4, 0.5) is 4.39 Å². The maximum atomic E-state index is 13.8. The summed E-state index contributed by atoms with van der Waals surface area (Å²) in [6, 6.07) is 6.06. The van der Waals surface area contributed by atoms with Gasteiger partial charge in [0.2, 0.25) is 0 Å². The van der Waals surface area contributed by atoms with E-state index < -0.39 is 0 Å². The summed E-state index contributed by atoms with van der Waals surface area (Å²) >= 11 is 0. The Balaban J connectivity index is 1.91. The normalized spacial score (nSPS) is 29.6. The van der Waals surface area contributed by atoms with Gasteiger partial charge in [-0.25, -0.2) is 4.39 Å². The molecule has 2 atom stereocenters. The molecule has 1 unspecified atom stereocenters. The fourth-order valence-corrected chi connectivity index (χ4v) is 3.38. The van der Waals surface area contributed by atoms with Crippen LogP contribution in [0.15, 0.2) is 18.2 Å². The van der Waals surface area contributed by atoms with Crippen LogP contribution in [0.1, 0.15) is 36.8 Å². The van der Waals surface area contributed by atoms with Gasteiger partial charge in [0.25, 0.3) is 0 Å². The number of fused-ring (bicyclic) bond motifs is 1. The minimum Gasteiger partial charge on any atom is -0.299 e. The molecule has 1 nitrogen and oxygen atoms in total. The molecule has 0 saturated carbocycles. The smallest absolute Gasteiger partial charge is 0.127 e. The van der Waals surface area contributed by atoms with Crippen LogP contribution >= 0.6 is 0 Å². The summed E-state index contributed by atoms with van der Waals surface area (Å²) in [6.07, 6.45) is 3.65. The van der Waals surface area contributed by atoms with Gasteiger partial charge >= 0.3 is 0 Å². The third-order valence-electron chi connectivity index (χ3n) is 4.21. The van der Waals surface area contributed by atoms with Gasteiger partial charge in [0, 0.05) is 12.0 Å². The topological polar surface area (TPSA) is 3.24 Å². The highest BCUT2D eigenvalue weighted by molar-refractivity contribution is 5.38. The van der Waals surface area contributed by atoms with E-state index >= 15 is 0 Å². The molecule has 16 heavy (non-hydrogen) atoms. The van der Waals surface area contributed by atoms with E-state index in [0.29, 0.717) is 12.0 Å². The van der Waals surface area contributed by atoms with E-state index in [9.17, 15) is 4.39 Å². The lowest BCUT2D eigenvalue weighted by Crippen LogP contribution is -2.35. The molecule has 1 aliphatic heterocycles. The molecule has 86 valence electrons. The van der Waals surface area contributed by atoms with Crippen molar-refractivity contribution in [2.24, 2.45) is 0 Å². The van der Waals surface area contributed by atoms with E-state index in [1.54, 1.807) is 6.07 Å². The Morgan fingerprint density at radius 1 is 1.25 bits per heavy atom. The number of benzene rings is 1. The van der Waals surface area contributed by atoms with Crippen LogP contribution in [0.3, 0.4) is 0 Å². The van der Waals surface area contributed by atoms with Gasteiger partial charge in [-0.2, -0.15) is 0 Å². The van der Waals surface area contributed by atoms with Crippen molar-refractivity contribution in [1.82, 2.24) is 4.90 Å². The van der Waals surface area contributed by atoms with Crippen molar-refractivity contribution >= 4 is 0 Å². The SMILES string of the molecule is CC1c2c(F)cccc2C[C@H]1N1CCCC1. The fraction of sp³-hybridized carbons (Fsp3) is 0.571. The van der Waals surface area contributed by atoms with Gasteiger partial charge in [0.1, 0.15) is 5.82 Å². The van der Waals surface area contributed by atoms with E-state index in [-0.39, 0.29) is 5.82 Å². The number of likely N-dealkylation sites (tertiary alicyclic amines) is 1. The maximum Gasteiger partial charge on any atom is 0.127 e. The standard InChI is InChI=1S/C14H18FN/c1-10-13(16-7-2-3-8-16)9-11-5-4-6-12(15)14(10)11/h4-6,10,13H,2-3,7-9H2,1H3/t10?,13-/m1/s1. The molecular formula is C14H18FN. The van der Waals surface area contributed by atoms with Crippen molar-refractivity contribution in [3.63, 3.8) is 0 Å². The second-order valence-corrected chi connectivity index (χ2v) is 5.12. The summed E-state index contributed by atoms with van der Waals surface area (Å²) in [5.74, 6) is 0.348. The van der Waals surface area contributed by atoms with Crippen molar-refractivity contribution in [3.05, 3.63) is 35.1 Å². The van der Waals surface area contributed by atoms with Crippen LogP contribution in [-0.2, 0) is 6.42 Å². The van der Waals surface area contributed by atoms with Crippen molar-refractivity contribution in [2.45, 2.75) is 38.1 Å². The molecule has 2 heteroatoms. The lowest BCUT2D eigenvalue weighted by molar-refractivity contribution is 0.226. The van der Waals surface area contributed by atoms with Crippen LogP contribution in [0.5, 0.6) is 0 Å². The average molecular weight is 219 g/mol. The van der Waals surface area contributed by atoms with Crippen LogP contribution in [0, 0.1) is 5.82 Å². The molecule has 1 aromatic carbocycles. The molecule has 1 saturated heterocycles. The summed E-state index contributed by atoms with van der Waals surface area (Å²) in [5, 5.41) is 0. The minimum absolute atomic E-state index is 0.00769. The third kappa shape index (κ3) is 1.47. The molecule has 1 fully saturated rings. The van der Waals surface area contributed by atoms with Gasteiger partial charge in [-0.15, -0.1) is 0 Å². The summed E-state index contributed by atoms with van der Waals surface area (Å²) in [4.78, 5) is 2.55. The van der Waals surface area contributed by atoms with Gasteiger partial charge in [0.05, 0.1) is 0 Å². The Morgan fingerprint density at radius 2 is 2.00 bits per heavy atom. The van der Waals surface area contributed by atoms with Crippen molar-refractivity contribution in [3.8, 4) is 0 Å². The van der Waals surface area contributed by atoms with Gasteiger partial charge in [-0.1, -0.05) is 19.1 Å². The maximum absolute atomic E-state index is 13.8. The Morgan fingerprint density at radius 3 is 2.69 bits per heavy atom. The molecule has 0 amide bonds. The Labute approximate surface area is 96.3 Å². The van der Waals surface area contributed by atoms with E-state index in [2.05, 4.69) is 17.9 Å². The lowest BCUT2D eigenvalue weighted by atomic mass is 9.99. The number of hydrogen-bond acceptors (Lipinski definition) is 1. The predicted octanol–water partition coefficient (Wildman–Crippen LogP) is 2.95. The molecule has 0 aromatic heterocycles. The first-order chi connectivity index (χ1) is 7.77. The lowest BCUT2D eigenvalue weighted by Gasteiger charge is -2.27. The van der Waals surface area contributed by atoms with Crippen LogP contribution in [0.25, 0.3) is 0 Å². The van der Waals surface area contributed by atoms with Crippen molar-refractivity contribution in [2.75, 3.05) is 13.1 Å². The third-order valence-corrected chi connectivity index (χ3v) is 4.21. The van der Waals surface area contributed by atoms with Gasteiger partial charge in [0.15, 0.2) is 0 Å². The molecule has 1 aliphatic carbocycles. The first-order valence-corrected chi connectivity index (χ1v) is 6.28. The minimum atomic E-state index is -0.00769. The number of rotatable bonds is 1. The average Bonchev–Trinajstić information content (AvgIpc) is 2.86. The fourth-order valence-electron chi connectivity index (χ4n) is 3.38. The quantitative estimate of drug-likeness (QED) is 0.702. The highest BCUT2D eigenvalue weighted by atomic mass is 19.1. The number of hydrogen-bond donors (Lipinski definition) is 0. The zero-order valence-electron chi connectivity index (χ0n) is 9.75. The molecule has 3 rings (SSSR count). The predicted molar refractivity (Wildman–Crippen MR) is 63.1 cm³/mol. The second kappa shape index (κ2) is 3.85.